The fraction of sp³-hybridized carbons (Fsp3) is 0.221. The number of phenolic OH excluding ortho intramolecular Hbond substituents is 2. The minimum absolute atomic E-state index is 0.0140. The lowest BCUT2D eigenvalue weighted by atomic mass is 9.67. The largest absolute Gasteiger partial charge is 0.508 e. The Hall–Kier alpha value is -14.2. The van der Waals surface area contributed by atoms with Crippen molar-refractivity contribution in [2.24, 2.45) is 0 Å². The fourth-order valence-corrected chi connectivity index (χ4v) is 17.5. The summed E-state index contributed by atoms with van der Waals surface area (Å²) < 4.78 is 47.3. The van der Waals surface area contributed by atoms with E-state index < -0.39 is 10.8 Å². The number of hydrogen-bond acceptors (Lipinski definition) is 14. The van der Waals surface area contributed by atoms with Crippen LogP contribution in [0.15, 0.2) is 315 Å². The van der Waals surface area contributed by atoms with E-state index in [0.717, 1.165) is 72.3 Å². The molecule has 14 nitrogen and oxygen atoms in total. The highest BCUT2D eigenvalue weighted by Gasteiger charge is 2.48. The summed E-state index contributed by atoms with van der Waals surface area (Å²) in [5.41, 5.74) is 22.2. The maximum absolute atomic E-state index is 13.0. The van der Waals surface area contributed by atoms with Crippen LogP contribution < -0.4 is 37.9 Å². The third-order valence-electron chi connectivity index (χ3n) is 24.6. The van der Waals surface area contributed by atoms with Gasteiger partial charge in [-0.1, -0.05) is 272 Å². The predicted molar refractivity (Wildman–Crippen MR) is 499 cm³/mol. The molecular weight excluding hydrogens is 1580 g/mol. The number of rotatable bonds is 28. The van der Waals surface area contributed by atoms with Crippen LogP contribution in [0.2, 0.25) is 0 Å². The van der Waals surface area contributed by atoms with Crippen molar-refractivity contribution in [3.05, 3.63) is 416 Å². The van der Waals surface area contributed by atoms with E-state index >= 15 is 0 Å². The minimum Gasteiger partial charge on any atom is -0.508 e. The van der Waals surface area contributed by atoms with Gasteiger partial charge in [-0.25, -0.2) is 0 Å². The number of benzene rings is 14. The maximum Gasteiger partial charge on any atom is 0.314 e. The molecule has 0 radical (unpaired) electrons. The Morgan fingerprint density at radius 1 is 0.268 bits per heavy atom. The third kappa shape index (κ3) is 18.8. The van der Waals surface area contributed by atoms with Crippen LogP contribution in [0.25, 0.3) is 22.3 Å². The number of aromatic hydroxyl groups is 2. The Labute approximate surface area is 744 Å². The molecule has 0 aromatic heterocycles. The Morgan fingerprint density at radius 3 is 0.724 bits per heavy atom. The van der Waals surface area contributed by atoms with Gasteiger partial charge in [0.1, 0.15) is 57.5 Å². The van der Waals surface area contributed by atoms with Gasteiger partial charge in [-0.2, -0.15) is 0 Å². The maximum atomic E-state index is 13.0. The Balaban J connectivity index is 0.000000196. The van der Waals surface area contributed by atoms with E-state index in [1.165, 1.54) is 50.1 Å². The van der Waals surface area contributed by atoms with Gasteiger partial charge < -0.3 is 48.1 Å². The van der Waals surface area contributed by atoms with E-state index in [-0.39, 0.29) is 104 Å². The summed E-state index contributed by atoms with van der Waals surface area (Å²) in [5.74, 6) is 3.77. The first kappa shape index (κ1) is 87.7. The van der Waals surface area contributed by atoms with Crippen LogP contribution in [0.5, 0.6) is 57.5 Å². The van der Waals surface area contributed by atoms with Crippen molar-refractivity contribution in [1.82, 2.24) is 0 Å². The summed E-state index contributed by atoms with van der Waals surface area (Å²) in [6, 6.07) is 104. The standard InChI is InChI=1S/C58H56O7.C55H50O7/c1-38-36-43(22-30-52(38)62-34-32-54(60)64-46-26-18-40(19-27-46)56(3,4)5)58(50-14-10-8-12-48(50)49-13-9-11-15-51(49)58)44-23-31-53(39(2)37-44)63-35-33-55(61)65-47-28-20-42(21-29-47)57(6,7)41-16-24-45(59)25-17-41;1-36-14-24-44(25-15-36)61-52(57)30-32-59-50-28-20-41(34-37(50)2)55(48-12-8-6-10-46(48)47-11-7-9-13-49(47)55)42-21-29-51(38(3)35-42)60-33-31-53(58)62-45-26-18-40(19-27-45)54(4,5)39-16-22-43(56)23-17-39/h8-31,36-37,59H,32-35H2,1-7H3;6-29,34-35,56H,30-33H2,1-5H3. The molecule has 0 heterocycles. The number of ether oxygens (including phenoxy) is 8. The van der Waals surface area contributed by atoms with Gasteiger partial charge in [-0.15, -0.1) is 0 Å². The molecule has 14 aromatic carbocycles. The molecule has 2 aliphatic rings. The smallest absolute Gasteiger partial charge is 0.314 e. The fourth-order valence-electron chi connectivity index (χ4n) is 17.5. The lowest BCUT2D eigenvalue weighted by molar-refractivity contribution is -0.135. The van der Waals surface area contributed by atoms with Crippen molar-refractivity contribution in [2.45, 2.75) is 136 Å². The van der Waals surface area contributed by atoms with Crippen molar-refractivity contribution in [2.75, 3.05) is 26.4 Å². The molecule has 14 aromatic rings. The second-order valence-corrected chi connectivity index (χ2v) is 34.9. The molecule has 0 saturated carbocycles. The predicted octanol–water partition coefficient (Wildman–Crippen LogP) is 24.5. The molecule has 2 aliphatic carbocycles. The number of esters is 4. The van der Waals surface area contributed by atoms with Crippen LogP contribution >= 0.6 is 0 Å². The van der Waals surface area contributed by atoms with E-state index in [2.05, 4.69) is 194 Å². The van der Waals surface area contributed by atoms with E-state index in [0.29, 0.717) is 46.0 Å². The molecule has 14 heteroatoms. The molecule has 0 spiro atoms. The summed E-state index contributed by atoms with van der Waals surface area (Å²) in [6.45, 7) is 25.7. The molecule has 642 valence electrons. The van der Waals surface area contributed by atoms with Gasteiger partial charge in [0.2, 0.25) is 0 Å². The molecule has 0 bridgehead atoms. The van der Waals surface area contributed by atoms with Crippen molar-refractivity contribution >= 4 is 23.9 Å². The van der Waals surface area contributed by atoms with Gasteiger partial charge >= 0.3 is 23.9 Å². The van der Waals surface area contributed by atoms with Gasteiger partial charge in [0.25, 0.3) is 0 Å². The van der Waals surface area contributed by atoms with Crippen LogP contribution in [0.1, 0.15) is 174 Å². The SMILES string of the molecule is Cc1cc(C2(c3ccc(OCCC(=O)Oc4ccc(C(C)(C)c5ccc(O)cc5)cc4)c(C)c3)c3ccccc3-c3ccccc32)ccc1OCCC(=O)Oc1ccc(C(C)(C)C)cc1.Cc1ccc(OC(=O)CCOc2ccc(C3(c4ccc(OCCC(=O)Oc5ccc(C(C)(C)c6ccc(O)cc6)cc5)c(C)c4)c4ccccc4-c4ccccc43)cc2C)cc1. The number of carbonyl (C=O) groups excluding carboxylic acids is 4. The number of carbonyl (C=O) groups is 4. The van der Waals surface area contributed by atoms with E-state index in [9.17, 15) is 29.4 Å². The van der Waals surface area contributed by atoms with Gasteiger partial charge in [0.05, 0.1) is 62.9 Å². The van der Waals surface area contributed by atoms with Crippen LogP contribution in [0.3, 0.4) is 0 Å². The molecule has 127 heavy (non-hydrogen) atoms. The zero-order valence-corrected chi connectivity index (χ0v) is 74.0. The van der Waals surface area contributed by atoms with Crippen molar-refractivity contribution in [1.29, 1.82) is 0 Å². The molecule has 0 amide bonds. The number of hydrogen-bond donors (Lipinski definition) is 2. The van der Waals surface area contributed by atoms with Gasteiger partial charge in [-0.3, -0.25) is 19.2 Å². The van der Waals surface area contributed by atoms with Crippen molar-refractivity contribution < 1.29 is 67.3 Å². The normalized spacial score (nSPS) is 12.7. The van der Waals surface area contributed by atoms with E-state index in [1.807, 2.05) is 168 Å². The molecule has 0 aliphatic heterocycles. The second-order valence-electron chi connectivity index (χ2n) is 34.9. The highest BCUT2D eigenvalue weighted by Crippen LogP contribution is 2.59. The van der Waals surface area contributed by atoms with E-state index in [4.69, 9.17) is 37.9 Å². The van der Waals surface area contributed by atoms with Crippen LogP contribution in [0.4, 0.5) is 0 Å². The molecule has 0 saturated heterocycles. The molecule has 2 N–H and O–H groups in total. The Bertz CT molecular complexity index is 6240. The third-order valence-corrected chi connectivity index (χ3v) is 24.6. The summed E-state index contributed by atoms with van der Waals surface area (Å²) >= 11 is 0. The number of aryl methyl sites for hydroxylation is 5. The highest BCUT2D eigenvalue weighted by molar-refractivity contribution is 5.88. The Kier molecular flexibility index (Phi) is 25.7. The van der Waals surface area contributed by atoms with Crippen molar-refractivity contribution in [3.8, 4) is 79.7 Å². The summed E-state index contributed by atoms with van der Waals surface area (Å²) in [6.07, 6.45) is 0.379. The molecule has 0 fully saturated rings. The molecule has 0 unspecified atom stereocenters. The van der Waals surface area contributed by atoms with E-state index in [1.54, 1.807) is 36.4 Å². The number of phenols is 2. The summed E-state index contributed by atoms with van der Waals surface area (Å²) in [7, 11) is 0. The first-order valence-electron chi connectivity index (χ1n) is 43.2. The van der Waals surface area contributed by atoms with Gasteiger partial charge in [-0.05, 0) is 254 Å². The first-order valence-corrected chi connectivity index (χ1v) is 43.2. The first-order chi connectivity index (χ1) is 61.1. The molecule has 0 atom stereocenters. The summed E-state index contributed by atoms with van der Waals surface area (Å²) in [5, 5.41) is 19.4. The van der Waals surface area contributed by atoms with Crippen LogP contribution in [-0.2, 0) is 46.3 Å². The molecular formula is C113H106O14. The zero-order valence-electron chi connectivity index (χ0n) is 74.0. The molecule has 16 rings (SSSR count). The lowest BCUT2D eigenvalue weighted by Crippen LogP contribution is -2.29. The average molecular weight is 1690 g/mol. The number of fused-ring (bicyclic) bond motifs is 6. The summed E-state index contributed by atoms with van der Waals surface area (Å²) in [4.78, 5) is 51.3. The topological polar surface area (TPSA) is 183 Å². The average Bonchev–Trinajstić information content (AvgIpc) is 1.55. The quantitative estimate of drug-likeness (QED) is 0.0349. The highest BCUT2D eigenvalue weighted by atomic mass is 16.6. The minimum atomic E-state index is -0.648. The van der Waals surface area contributed by atoms with Gasteiger partial charge in [0.15, 0.2) is 0 Å². The van der Waals surface area contributed by atoms with Gasteiger partial charge in [0, 0.05) is 10.8 Å². The van der Waals surface area contributed by atoms with Crippen molar-refractivity contribution in [3.63, 3.8) is 0 Å². The second kappa shape index (κ2) is 37.3. The van der Waals surface area contributed by atoms with Crippen LogP contribution in [0, 0.1) is 34.6 Å². The van der Waals surface area contributed by atoms with Crippen LogP contribution in [-0.4, -0.2) is 60.5 Å². The monoisotopic (exact) mass is 1690 g/mol. The Morgan fingerprint density at radius 2 is 0.488 bits per heavy atom. The zero-order chi connectivity index (χ0) is 89.4. The lowest BCUT2D eigenvalue weighted by Gasteiger charge is -2.34.